The second kappa shape index (κ2) is 2.11. The molecule has 1 aromatic rings. The van der Waals surface area contributed by atoms with Crippen LogP contribution in [0.25, 0.3) is 0 Å². The molecule has 0 heterocycles. The zero-order chi connectivity index (χ0) is 8.13. The van der Waals surface area contributed by atoms with E-state index in [4.69, 9.17) is 5.11 Å². The summed E-state index contributed by atoms with van der Waals surface area (Å²) in [5.41, 5.74) is 3.01. The van der Waals surface area contributed by atoms with Crippen LogP contribution < -0.4 is 0 Å². The normalized spacial score (nSPS) is 35.9. The van der Waals surface area contributed by atoms with Crippen molar-refractivity contribution in [1.29, 1.82) is 0 Å². The van der Waals surface area contributed by atoms with Crippen molar-refractivity contribution in [2.24, 2.45) is 11.8 Å². The van der Waals surface area contributed by atoms with Gasteiger partial charge >= 0.3 is 0 Å². The molecule has 0 amide bonds. The summed E-state index contributed by atoms with van der Waals surface area (Å²) in [5, 5.41) is 9.04. The fourth-order valence-corrected chi connectivity index (χ4v) is 2.73. The Balaban J connectivity index is 2.00. The van der Waals surface area contributed by atoms with Gasteiger partial charge in [-0.3, -0.25) is 0 Å². The molecule has 0 saturated heterocycles. The highest BCUT2D eigenvalue weighted by atomic mass is 16.3. The lowest BCUT2D eigenvalue weighted by atomic mass is 10.0. The van der Waals surface area contributed by atoms with Crippen LogP contribution in [0.4, 0.5) is 0 Å². The molecule has 1 N–H and O–H groups in total. The molecule has 3 rings (SSSR count). The van der Waals surface area contributed by atoms with Crippen molar-refractivity contribution in [3.05, 3.63) is 35.4 Å². The first kappa shape index (κ1) is 6.67. The van der Waals surface area contributed by atoms with E-state index in [1.54, 1.807) is 0 Å². The zero-order valence-corrected chi connectivity index (χ0v) is 6.90. The van der Waals surface area contributed by atoms with Gasteiger partial charge < -0.3 is 5.11 Å². The molecule has 1 heteroatoms. The van der Waals surface area contributed by atoms with Gasteiger partial charge in [-0.25, -0.2) is 0 Å². The van der Waals surface area contributed by atoms with E-state index in [9.17, 15) is 0 Å². The third-order valence-electron chi connectivity index (χ3n) is 3.41. The first-order valence-electron chi connectivity index (χ1n) is 4.60. The molecule has 3 unspecified atom stereocenters. The number of aliphatic hydroxyl groups excluding tert-OH is 1. The van der Waals surface area contributed by atoms with Crippen LogP contribution in [0.2, 0.25) is 0 Å². The average Bonchev–Trinajstić information content (AvgIpc) is 2.68. The van der Waals surface area contributed by atoms with E-state index in [1.165, 1.54) is 17.5 Å². The number of benzene rings is 1. The Bertz CT molecular complexity index is 319. The van der Waals surface area contributed by atoms with Crippen LogP contribution in [-0.4, -0.2) is 11.7 Å². The Kier molecular flexibility index (Phi) is 1.17. The second-order valence-electron chi connectivity index (χ2n) is 3.94. The van der Waals surface area contributed by atoms with Crippen molar-refractivity contribution < 1.29 is 5.11 Å². The van der Waals surface area contributed by atoms with Crippen LogP contribution in [0.15, 0.2) is 24.3 Å². The lowest BCUT2D eigenvalue weighted by molar-refractivity contribution is 0.265. The molecule has 3 atom stereocenters. The van der Waals surface area contributed by atoms with Gasteiger partial charge in [0, 0.05) is 6.61 Å². The highest BCUT2D eigenvalue weighted by molar-refractivity contribution is 5.43. The van der Waals surface area contributed by atoms with E-state index in [1.807, 2.05) is 0 Å². The summed E-state index contributed by atoms with van der Waals surface area (Å²) in [7, 11) is 0. The van der Waals surface area contributed by atoms with Crippen molar-refractivity contribution in [3.63, 3.8) is 0 Å². The Hall–Kier alpha value is -0.820. The second-order valence-corrected chi connectivity index (χ2v) is 3.94. The maximum Gasteiger partial charge on any atom is 0.0468 e. The van der Waals surface area contributed by atoms with Gasteiger partial charge in [-0.1, -0.05) is 24.3 Å². The Morgan fingerprint density at radius 2 is 2.17 bits per heavy atom. The molecule has 62 valence electrons. The smallest absolute Gasteiger partial charge is 0.0468 e. The molecule has 1 aromatic carbocycles. The summed E-state index contributed by atoms with van der Waals surface area (Å²) in [4.78, 5) is 0. The molecule has 2 aliphatic rings. The SMILES string of the molecule is OCC1C2Cc3ccccc3C12. The molecule has 1 saturated carbocycles. The number of hydrogen-bond donors (Lipinski definition) is 1. The number of hydrogen-bond acceptors (Lipinski definition) is 1. The molecule has 1 fully saturated rings. The van der Waals surface area contributed by atoms with Crippen LogP contribution in [0, 0.1) is 11.8 Å². The Morgan fingerprint density at radius 3 is 3.00 bits per heavy atom. The van der Waals surface area contributed by atoms with Crippen LogP contribution in [0.1, 0.15) is 17.0 Å². The van der Waals surface area contributed by atoms with Crippen molar-refractivity contribution in [2.45, 2.75) is 12.3 Å². The van der Waals surface area contributed by atoms with Crippen molar-refractivity contribution in [1.82, 2.24) is 0 Å². The largest absolute Gasteiger partial charge is 0.396 e. The van der Waals surface area contributed by atoms with E-state index < -0.39 is 0 Å². The minimum absolute atomic E-state index is 0.379. The first-order chi connectivity index (χ1) is 5.92. The van der Waals surface area contributed by atoms with E-state index in [-0.39, 0.29) is 0 Å². The molecule has 2 aliphatic carbocycles. The monoisotopic (exact) mass is 160 g/mol. The molecule has 12 heavy (non-hydrogen) atoms. The summed E-state index contributed by atoms with van der Waals surface area (Å²) >= 11 is 0. The lowest BCUT2D eigenvalue weighted by Gasteiger charge is -2.03. The minimum Gasteiger partial charge on any atom is -0.396 e. The van der Waals surface area contributed by atoms with Gasteiger partial charge in [-0.05, 0) is 35.3 Å². The highest BCUT2D eigenvalue weighted by Crippen LogP contribution is 2.60. The topological polar surface area (TPSA) is 20.2 Å². The van der Waals surface area contributed by atoms with Crippen LogP contribution in [-0.2, 0) is 6.42 Å². The lowest BCUT2D eigenvalue weighted by Crippen LogP contribution is -1.96. The molecule has 0 spiro atoms. The van der Waals surface area contributed by atoms with E-state index in [0.29, 0.717) is 18.4 Å². The first-order valence-corrected chi connectivity index (χ1v) is 4.60. The summed E-state index contributed by atoms with van der Waals surface area (Å²) in [6.07, 6.45) is 1.20. The van der Waals surface area contributed by atoms with E-state index >= 15 is 0 Å². The molecular formula is C11H12O. The molecule has 0 aromatic heterocycles. The Morgan fingerprint density at radius 1 is 1.33 bits per heavy atom. The molecule has 1 nitrogen and oxygen atoms in total. The van der Waals surface area contributed by atoms with Crippen LogP contribution >= 0.6 is 0 Å². The minimum atomic E-state index is 0.379. The molecule has 0 radical (unpaired) electrons. The molecule has 0 aliphatic heterocycles. The third kappa shape index (κ3) is 0.674. The number of aliphatic hydroxyl groups is 1. The van der Waals surface area contributed by atoms with Gasteiger partial charge in [-0.2, -0.15) is 0 Å². The van der Waals surface area contributed by atoms with Gasteiger partial charge in [0.1, 0.15) is 0 Å². The molecular weight excluding hydrogens is 148 g/mol. The molecule has 0 bridgehead atoms. The van der Waals surface area contributed by atoms with Gasteiger partial charge in [-0.15, -0.1) is 0 Å². The van der Waals surface area contributed by atoms with Crippen molar-refractivity contribution >= 4 is 0 Å². The predicted molar refractivity (Wildman–Crippen MR) is 47.0 cm³/mol. The highest BCUT2D eigenvalue weighted by Gasteiger charge is 2.54. The van der Waals surface area contributed by atoms with Gasteiger partial charge in [0.15, 0.2) is 0 Å². The van der Waals surface area contributed by atoms with Crippen LogP contribution in [0.5, 0.6) is 0 Å². The summed E-state index contributed by atoms with van der Waals surface area (Å²) in [6.45, 7) is 0.379. The number of fused-ring (bicyclic) bond motifs is 3. The van der Waals surface area contributed by atoms with Crippen molar-refractivity contribution in [3.8, 4) is 0 Å². The maximum atomic E-state index is 9.04. The van der Waals surface area contributed by atoms with Crippen LogP contribution in [0.3, 0.4) is 0 Å². The summed E-state index contributed by atoms with van der Waals surface area (Å²) in [6, 6.07) is 8.65. The van der Waals surface area contributed by atoms with Gasteiger partial charge in [0.25, 0.3) is 0 Å². The third-order valence-corrected chi connectivity index (χ3v) is 3.41. The van der Waals surface area contributed by atoms with Gasteiger partial charge in [0.05, 0.1) is 0 Å². The van der Waals surface area contributed by atoms with Crippen molar-refractivity contribution in [2.75, 3.05) is 6.61 Å². The van der Waals surface area contributed by atoms with E-state index in [0.717, 1.165) is 5.92 Å². The fraction of sp³-hybridized carbons (Fsp3) is 0.455. The predicted octanol–water partition coefficient (Wildman–Crippen LogP) is 1.56. The fourth-order valence-electron chi connectivity index (χ4n) is 2.73. The summed E-state index contributed by atoms with van der Waals surface area (Å²) in [5.74, 6) is 2.05. The number of rotatable bonds is 1. The zero-order valence-electron chi connectivity index (χ0n) is 6.90. The van der Waals surface area contributed by atoms with Gasteiger partial charge in [0.2, 0.25) is 0 Å². The maximum absolute atomic E-state index is 9.04. The summed E-state index contributed by atoms with van der Waals surface area (Å²) < 4.78 is 0. The Labute approximate surface area is 72.0 Å². The van der Waals surface area contributed by atoms with E-state index in [2.05, 4.69) is 24.3 Å². The average molecular weight is 160 g/mol. The standard InChI is InChI=1S/C11H12O/c12-6-10-9-5-7-3-1-2-4-8(7)11(9)10/h1-4,9-12H,5-6H2. The quantitative estimate of drug-likeness (QED) is 0.661.